The van der Waals surface area contributed by atoms with Gasteiger partial charge >= 0.3 is 0 Å². The average molecular weight is 270 g/mol. The van der Waals surface area contributed by atoms with E-state index in [9.17, 15) is 18.5 Å². The van der Waals surface area contributed by atoms with Crippen LogP contribution in [0.3, 0.4) is 0 Å². The third-order valence-electron chi connectivity index (χ3n) is 3.02. The van der Waals surface area contributed by atoms with Crippen LogP contribution in [0.1, 0.15) is 18.4 Å². The molecule has 98 valence electrons. The minimum atomic E-state index is -3.33. The van der Waals surface area contributed by atoms with Crippen molar-refractivity contribution in [1.82, 2.24) is 0 Å². The number of rotatable bonds is 2. The molecule has 0 amide bonds. The summed E-state index contributed by atoms with van der Waals surface area (Å²) in [7, 11) is -3.33. The summed E-state index contributed by atoms with van der Waals surface area (Å²) in [6, 6.07) is 4.30. The van der Waals surface area contributed by atoms with E-state index in [0.29, 0.717) is 18.7 Å². The molecule has 0 bridgehead atoms. The maximum Gasteiger partial charge on any atom is 0.271 e. The number of nitro benzene ring substituents is 1. The van der Waals surface area contributed by atoms with Gasteiger partial charge in [0.1, 0.15) is 0 Å². The minimum Gasteiger partial charge on any atom is -0.270 e. The number of nitrogens with zero attached hydrogens (tertiary/aromatic N) is 2. The Morgan fingerprint density at radius 2 is 2.06 bits per heavy atom. The average Bonchev–Trinajstić information content (AvgIpc) is 2.29. The summed E-state index contributed by atoms with van der Waals surface area (Å²) in [5.74, 6) is 0.106. The molecule has 2 rings (SSSR count). The van der Waals surface area contributed by atoms with Crippen LogP contribution in [0.25, 0.3) is 0 Å². The lowest BCUT2D eigenvalue weighted by atomic mass is 10.1. The van der Waals surface area contributed by atoms with Gasteiger partial charge in [0.05, 0.1) is 16.4 Å². The van der Waals surface area contributed by atoms with Gasteiger partial charge in [-0.2, -0.15) is 0 Å². The molecule has 1 aromatic rings. The number of hydrogen-bond donors (Lipinski definition) is 0. The summed E-state index contributed by atoms with van der Waals surface area (Å²) < 4.78 is 25.2. The number of hydrogen-bond acceptors (Lipinski definition) is 4. The van der Waals surface area contributed by atoms with Crippen molar-refractivity contribution in [2.45, 2.75) is 19.8 Å². The fraction of sp³-hybridized carbons (Fsp3) is 0.455. The van der Waals surface area contributed by atoms with Crippen molar-refractivity contribution in [3.05, 3.63) is 33.9 Å². The smallest absolute Gasteiger partial charge is 0.270 e. The SMILES string of the molecule is Cc1ccc([N+](=O)[O-])cc1N1CCCCS1(=O)=O. The summed E-state index contributed by atoms with van der Waals surface area (Å²) in [6.45, 7) is 2.15. The fourth-order valence-corrected chi connectivity index (χ4v) is 3.73. The zero-order valence-corrected chi connectivity index (χ0v) is 10.8. The molecule has 18 heavy (non-hydrogen) atoms. The predicted molar refractivity (Wildman–Crippen MR) is 68.2 cm³/mol. The Kier molecular flexibility index (Phi) is 3.25. The second-order valence-electron chi connectivity index (χ2n) is 4.32. The molecule has 1 heterocycles. The van der Waals surface area contributed by atoms with E-state index in [1.165, 1.54) is 16.4 Å². The Labute approximate surface area is 105 Å². The highest BCUT2D eigenvalue weighted by Crippen LogP contribution is 2.30. The van der Waals surface area contributed by atoms with Crippen molar-refractivity contribution in [3.63, 3.8) is 0 Å². The molecule has 1 aliphatic rings. The Hall–Kier alpha value is -1.63. The van der Waals surface area contributed by atoms with Gasteiger partial charge in [-0.1, -0.05) is 6.07 Å². The van der Waals surface area contributed by atoms with Crippen LogP contribution >= 0.6 is 0 Å². The van der Waals surface area contributed by atoms with E-state index in [2.05, 4.69) is 0 Å². The van der Waals surface area contributed by atoms with Gasteiger partial charge in [0.15, 0.2) is 0 Å². The largest absolute Gasteiger partial charge is 0.271 e. The zero-order valence-electron chi connectivity index (χ0n) is 10.00. The van der Waals surface area contributed by atoms with Crippen LogP contribution in [-0.2, 0) is 10.0 Å². The first-order chi connectivity index (χ1) is 8.42. The highest BCUT2D eigenvalue weighted by molar-refractivity contribution is 7.92. The second-order valence-corrected chi connectivity index (χ2v) is 6.34. The fourth-order valence-electron chi connectivity index (χ4n) is 2.04. The first kappa shape index (κ1) is 12.8. The van der Waals surface area contributed by atoms with Crippen LogP contribution in [-0.4, -0.2) is 25.6 Å². The molecular formula is C11H14N2O4S. The van der Waals surface area contributed by atoms with Crippen LogP contribution in [0, 0.1) is 17.0 Å². The number of aryl methyl sites for hydroxylation is 1. The van der Waals surface area contributed by atoms with Crippen molar-refractivity contribution in [2.24, 2.45) is 0 Å². The molecule has 0 aliphatic carbocycles. The third-order valence-corrected chi connectivity index (χ3v) is 4.88. The number of benzene rings is 1. The molecule has 1 aromatic carbocycles. The first-order valence-electron chi connectivity index (χ1n) is 5.67. The van der Waals surface area contributed by atoms with Gasteiger partial charge in [0.25, 0.3) is 5.69 Å². The Bertz CT molecular complexity index is 583. The van der Waals surface area contributed by atoms with E-state index in [1.54, 1.807) is 13.0 Å². The summed E-state index contributed by atoms with van der Waals surface area (Å²) in [4.78, 5) is 10.2. The van der Waals surface area contributed by atoms with E-state index in [4.69, 9.17) is 0 Å². The van der Waals surface area contributed by atoms with Crippen LogP contribution in [0.4, 0.5) is 11.4 Å². The normalized spacial score (nSPS) is 18.6. The summed E-state index contributed by atoms with van der Waals surface area (Å²) >= 11 is 0. The Balaban J connectivity index is 2.49. The monoisotopic (exact) mass is 270 g/mol. The molecule has 1 saturated heterocycles. The van der Waals surface area contributed by atoms with Crippen molar-refractivity contribution in [1.29, 1.82) is 0 Å². The number of non-ortho nitro benzene ring substituents is 1. The van der Waals surface area contributed by atoms with Crippen molar-refractivity contribution in [2.75, 3.05) is 16.6 Å². The molecule has 0 unspecified atom stereocenters. The van der Waals surface area contributed by atoms with Crippen LogP contribution in [0.15, 0.2) is 18.2 Å². The van der Waals surface area contributed by atoms with Crippen molar-refractivity contribution >= 4 is 21.4 Å². The van der Waals surface area contributed by atoms with Gasteiger partial charge in [-0.05, 0) is 25.3 Å². The van der Waals surface area contributed by atoms with Gasteiger partial charge < -0.3 is 0 Å². The van der Waals surface area contributed by atoms with Gasteiger partial charge in [0, 0.05) is 18.7 Å². The van der Waals surface area contributed by atoms with E-state index in [-0.39, 0.29) is 11.4 Å². The molecule has 6 nitrogen and oxygen atoms in total. The molecule has 1 aliphatic heterocycles. The second kappa shape index (κ2) is 4.56. The number of anilines is 1. The van der Waals surface area contributed by atoms with Crippen molar-refractivity contribution in [3.8, 4) is 0 Å². The third kappa shape index (κ3) is 2.31. The topological polar surface area (TPSA) is 80.5 Å². The lowest BCUT2D eigenvalue weighted by Gasteiger charge is -2.29. The molecule has 1 fully saturated rings. The number of nitro groups is 1. The maximum absolute atomic E-state index is 12.0. The molecule has 0 N–H and O–H groups in total. The highest BCUT2D eigenvalue weighted by atomic mass is 32.2. The zero-order chi connectivity index (χ0) is 13.3. The summed E-state index contributed by atoms with van der Waals surface area (Å²) in [5.41, 5.74) is 1.06. The molecule has 0 atom stereocenters. The summed E-state index contributed by atoms with van der Waals surface area (Å²) in [6.07, 6.45) is 1.42. The Morgan fingerprint density at radius 3 is 2.67 bits per heavy atom. The minimum absolute atomic E-state index is 0.0867. The molecule has 0 aromatic heterocycles. The Morgan fingerprint density at radius 1 is 1.33 bits per heavy atom. The van der Waals surface area contributed by atoms with Gasteiger partial charge in [-0.15, -0.1) is 0 Å². The quantitative estimate of drug-likeness (QED) is 0.606. The van der Waals surface area contributed by atoms with E-state index < -0.39 is 14.9 Å². The molecule has 0 spiro atoms. The highest BCUT2D eigenvalue weighted by Gasteiger charge is 2.28. The van der Waals surface area contributed by atoms with E-state index in [0.717, 1.165) is 12.0 Å². The molecule has 0 radical (unpaired) electrons. The lowest BCUT2D eigenvalue weighted by Crippen LogP contribution is -2.38. The standard InChI is InChI=1S/C11H14N2O4S/c1-9-4-5-10(13(14)15)8-11(9)12-6-2-3-7-18(12,16)17/h4-5,8H,2-3,6-7H2,1H3. The van der Waals surface area contributed by atoms with Crippen LogP contribution in [0.2, 0.25) is 0 Å². The van der Waals surface area contributed by atoms with Gasteiger partial charge in [-0.3, -0.25) is 14.4 Å². The van der Waals surface area contributed by atoms with Crippen LogP contribution < -0.4 is 4.31 Å². The summed E-state index contributed by atoms with van der Waals surface area (Å²) in [5, 5.41) is 10.7. The van der Waals surface area contributed by atoms with Crippen LogP contribution in [0.5, 0.6) is 0 Å². The van der Waals surface area contributed by atoms with E-state index in [1.807, 2.05) is 0 Å². The van der Waals surface area contributed by atoms with Gasteiger partial charge in [-0.25, -0.2) is 8.42 Å². The maximum atomic E-state index is 12.0. The van der Waals surface area contributed by atoms with Crippen molar-refractivity contribution < 1.29 is 13.3 Å². The number of sulfonamides is 1. The van der Waals surface area contributed by atoms with Gasteiger partial charge in [0.2, 0.25) is 10.0 Å². The van der Waals surface area contributed by atoms with E-state index >= 15 is 0 Å². The lowest BCUT2D eigenvalue weighted by molar-refractivity contribution is -0.384. The first-order valence-corrected chi connectivity index (χ1v) is 7.28. The predicted octanol–water partition coefficient (Wildman–Crippen LogP) is 1.83. The molecule has 7 heteroatoms. The molecule has 0 saturated carbocycles. The molecular weight excluding hydrogens is 256 g/mol.